The van der Waals surface area contributed by atoms with Crippen LogP contribution in [0, 0.1) is 11.3 Å². The Morgan fingerprint density at radius 2 is 1.95 bits per heavy atom. The molecule has 0 unspecified atom stereocenters. The molecule has 104 valence electrons. The number of nitrogens with one attached hydrogen (secondary N) is 1. The van der Waals surface area contributed by atoms with Crippen molar-refractivity contribution in [2.24, 2.45) is 0 Å². The molecular formula is C15H19N5. The van der Waals surface area contributed by atoms with Crippen molar-refractivity contribution < 1.29 is 0 Å². The molecule has 1 aromatic heterocycles. The van der Waals surface area contributed by atoms with E-state index in [1.807, 2.05) is 28.9 Å². The third-order valence-corrected chi connectivity index (χ3v) is 2.88. The van der Waals surface area contributed by atoms with Gasteiger partial charge in [-0.25, -0.2) is 4.68 Å². The summed E-state index contributed by atoms with van der Waals surface area (Å²) in [6.07, 6.45) is 2.19. The number of benzene rings is 1. The Labute approximate surface area is 119 Å². The van der Waals surface area contributed by atoms with E-state index < -0.39 is 0 Å². The summed E-state index contributed by atoms with van der Waals surface area (Å²) in [5.41, 5.74) is 3.01. The molecule has 0 saturated carbocycles. The van der Waals surface area contributed by atoms with E-state index in [-0.39, 0.29) is 5.54 Å². The van der Waals surface area contributed by atoms with Crippen LogP contribution in [0.5, 0.6) is 0 Å². The summed E-state index contributed by atoms with van der Waals surface area (Å²) in [4.78, 5) is 0. The van der Waals surface area contributed by atoms with Crippen LogP contribution < -0.4 is 5.32 Å². The molecule has 20 heavy (non-hydrogen) atoms. The highest BCUT2D eigenvalue weighted by molar-refractivity contribution is 5.35. The first kappa shape index (κ1) is 14.2. The standard InChI is InChI=1S/C15H19N5/c1-15(2,3)17-10-14-11-18-19-20(14)13-6-4-12(5-7-13)8-9-16/h4-7,11,17H,8,10H2,1-3H3. The molecule has 5 heteroatoms. The molecule has 0 radical (unpaired) electrons. The first-order valence-electron chi connectivity index (χ1n) is 6.60. The van der Waals surface area contributed by atoms with Gasteiger partial charge in [0.2, 0.25) is 0 Å². The Kier molecular flexibility index (Phi) is 4.16. The second-order valence-electron chi connectivity index (χ2n) is 5.74. The van der Waals surface area contributed by atoms with Crippen LogP contribution in [0.15, 0.2) is 30.5 Å². The molecule has 0 atom stereocenters. The van der Waals surface area contributed by atoms with Gasteiger partial charge in [-0.05, 0) is 38.5 Å². The van der Waals surface area contributed by atoms with Crippen LogP contribution in [0.25, 0.3) is 5.69 Å². The zero-order valence-electron chi connectivity index (χ0n) is 12.1. The fraction of sp³-hybridized carbons (Fsp3) is 0.400. The van der Waals surface area contributed by atoms with E-state index in [1.165, 1.54) is 0 Å². The smallest absolute Gasteiger partial charge is 0.0783 e. The average molecular weight is 269 g/mol. The Bertz CT molecular complexity index is 598. The highest BCUT2D eigenvalue weighted by Gasteiger charge is 2.12. The molecule has 0 aliphatic heterocycles. The van der Waals surface area contributed by atoms with Crippen molar-refractivity contribution in [2.75, 3.05) is 0 Å². The molecule has 2 aromatic rings. The Balaban J connectivity index is 2.17. The van der Waals surface area contributed by atoms with Crippen molar-refractivity contribution in [2.45, 2.75) is 39.3 Å². The van der Waals surface area contributed by atoms with E-state index in [0.29, 0.717) is 13.0 Å². The van der Waals surface area contributed by atoms with Crippen molar-refractivity contribution in [1.82, 2.24) is 20.3 Å². The van der Waals surface area contributed by atoms with Crippen molar-refractivity contribution in [1.29, 1.82) is 5.26 Å². The monoisotopic (exact) mass is 269 g/mol. The third-order valence-electron chi connectivity index (χ3n) is 2.88. The zero-order chi connectivity index (χ0) is 14.6. The molecule has 0 bridgehead atoms. The summed E-state index contributed by atoms with van der Waals surface area (Å²) in [6, 6.07) is 9.95. The van der Waals surface area contributed by atoms with E-state index in [2.05, 4.69) is 42.5 Å². The van der Waals surface area contributed by atoms with E-state index in [4.69, 9.17) is 5.26 Å². The van der Waals surface area contributed by atoms with Crippen molar-refractivity contribution in [3.8, 4) is 11.8 Å². The van der Waals surface area contributed by atoms with E-state index in [1.54, 1.807) is 6.20 Å². The minimum atomic E-state index is 0.0474. The van der Waals surface area contributed by atoms with Crippen molar-refractivity contribution >= 4 is 0 Å². The number of aromatic nitrogens is 3. The lowest BCUT2D eigenvalue weighted by Gasteiger charge is -2.20. The van der Waals surface area contributed by atoms with E-state index in [0.717, 1.165) is 16.9 Å². The number of hydrogen-bond acceptors (Lipinski definition) is 4. The highest BCUT2D eigenvalue weighted by Crippen LogP contribution is 2.12. The predicted molar refractivity (Wildman–Crippen MR) is 77.3 cm³/mol. The molecule has 5 nitrogen and oxygen atoms in total. The van der Waals surface area contributed by atoms with Crippen LogP contribution in [-0.2, 0) is 13.0 Å². The van der Waals surface area contributed by atoms with Gasteiger partial charge >= 0.3 is 0 Å². The molecule has 0 aliphatic rings. The fourth-order valence-electron chi connectivity index (χ4n) is 1.80. The van der Waals surface area contributed by atoms with Crippen molar-refractivity contribution in [3.63, 3.8) is 0 Å². The molecule has 1 aromatic carbocycles. The SMILES string of the molecule is CC(C)(C)NCc1cnnn1-c1ccc(CC#N)cc1. The lowest BCUT2D eigenvalue weighted by molar-refractivity contribution is 0.418. The summed E-state index contributed by atoms with van der Waals surface area (Å²) in [5.74, 6) is 0. The van der Waals surface area contributed by atoms with Gasteiger partial charge in [-0.3, -0.25) is 0 Å². The molecule has 1 N–H and O–H groups in total. The van der Waals surface area contributed by atoms with Gasteiger partial charge in [0.25, 0.3) is 0 Å². The second kappa shape index (κ2) is 5.85. The third kappa shape index (κ3) is 3.65. The molecule has 1 heterocycles. The van der Waals surface area contributed by atoms with Gasteiger partial charge in [0.05, 0.1) is 30.1 Å². The minimum absolute atomic E-state index is 0.0474. The van der Waals surface area contributed by atoms with Crippen LogP contribution in [0.3, 0.4) is 0 Å². The Morgan fingerprint density at radius 3 is 2.55 bits per heavy atom. The fourth-order valence-corrected chi connectivity index (χ4v) is 1.80. The first-order valence-corrected chi connectivity index (χ1v) is 6.60. The van der Waals surface area contributed by atoms with E-state index in [9.17, 15) is 0 Å². The molecule has 0 aliphatic carbocycles. The summed E-state index contributed by atoms with van der Waals surface area (Å²) in [6.45, 7) is 7.07. The second-order valence-corrected chi connectivity index (χ2v) is 5.74. The van der Waals surface area contributed by atoms with Crippen LogP contribution in [0.4, 0.5) is 0 Å². The maximum Gasteiger partial charge on any atom is 0.0783 e. The van der Waals surface area contributed by atoms with Crippen LogP contribution in [0.1, 0.15) is 32.0 Å². The maximum absolute atomic E-state index is 8.68. The number of hydrogen-bond donors (Lipinski definition) is 1. The Morgan fingerprint density at radius 1 is 1.25 bits per heavy atom. The van der Waals surface area contributed by atoms with Crippen LogP contribution >= 0.6 is 0 Å². The van der Waals surface area contributed by atoms with Crippen molar-refractivity contribution in [3.05, 3.63) is 41.7 Å². The zero-order valence-corrected chi connectivity index (χ0v) is 12.1. The van der Waals surface area contributed by atoms with Gasteiger partial charge in [0.15, 0.2) is 0 Å². The normalized spacial score (nSPS) is 11.3. The average Bonchev–Trinajstić information content (AvgIpc) is 2.85. The summed E-state index contributed by atoms with van der Waals surface area (Å²) in [5, 5.41) is 20.2. The summed E-state index contributed by atoms with van der Waals surface area (Å²) < 4.78 is 1.81. The van der Waals surface area contributed by atoms with Gasteiger partial charge in [-0.2, -0.15) is 5.26 Å². The predicted octanol–water partition coefficient (Wildman–Crippen LogP) is 2.22. The minimum Gasteiger partial charge on any atom is -0.306 e. The lowest BCUT2D eigenvalue weighted by atomic mass is 10.1. The largest absolute Gasteiger partial charge is 0.306 e. The topological polar surface area (TPSA) is 66.5 Å². The van der Waals surface area contributed by atoms with Gasteiger partial charge in [-0.1, -0.05) is 17.3 Å². The van der Waals surface area contributed by atoms with E-state index >= 15 is 0 Å². The highest BCUT2D eigenvalue weighted by atomic mass is 15.4. The molecule has 0 spiro atoms. The van der Waals surface area contributed by atoms with Crippen LogP contribution in [-0.4, -0.2) is 20.5 Å². The van der Waals surface area contributed by atoms with Crippen LogP contribution in [0.2, 0.25) is 0 Å². The molecule has 2 rings (SSSR count). The molecule has 0 fully saturated rings. The summed E-state index contributed by atoms with van der Waals surface area (Å²) in [7, 11) is 0. The first-order chi connectivity index (χ1) is 9.49. The molecular weight excluding hydrogens is 250 g/mol. The van der Waals surface area contributed by atoms with Gasteiger partial charge in [0.1, 0.15) is 0 Å². The number of nitriles is 1. The quantitative estimate of drug-likeness (QED) is 0.924. The number of nitrogens with zero attached hydrogens (tertiary/aromatic N) is 4. The lowest BCUT2D eigenvalue weighted by Crippen LogP contribution is -2.35. The Hall–Kier alpha value is -2.19. The van der Waals surface area contributed by atoms with Gasteiger partial charge in [0, 0.05) is 12.1 Å². The maximum atomic E-state index is 8.68. The summed E-state index contributed by atoms with van der Waals surface area (Å²) >= 11 is 0. The van der Waals surface area contributed by atoms with Gasteiger partial charge < -0.3 is 5.32 Å². The molecule has 0 amide bonds. The molecule has 0 saturated heterocycles. The van der Waals surface area contributed by atoms with Gasteiger partial charge in [-0.15, -0.1) is 5.10 Å². The number of rotatable bonds is 4.